The van der Waals surface area contributed by atoms with Crippen molar-refractivity contribution >= 4 is 40.0 Å². The Morgan fingerprint density at radius 3 is 2.50 bits per heavy atom. The van der Waals surface area contributed by atoms with Crippen molar-refractivity contribution in [2.24, 2.45) is 0 Å². The SMILES string of the molecule is CC(C)c1oc(-c2ccccc2Cl)nc1CCCC(=O)c1ccc(CI)cc1. The highest BCUT2D eigenvalue weighted by molar-refractivity contribution is 14.1. The van der Waals surface area contributed by atoms with Gasteiger partial charge in [0.2, 0.25) is 5.89 Å². The third-order valence-corrected chi connectivity index (χ3v) is 5.81. The van der Waals surface area contributed by atoms with Crippen LogP contribution in [-0.2, 0) is 10.8 Å². The molecule has 0 unspecified atom stereocenters. The van der Waals surface area contributed by atoms with E-state index in [1.54, 1.807) is 0 Å². The van der Waals surface area contributed by atoms with E-state index < -0.39 is 0 Å². The highest BCUT2D eigenvalue weighted by Crippen LogP contribution is 2.32. The van der Waals surface area contributed by atoms with Crippen LogP contribution < -0.4 is 0 Å². The van der Waals surface area contributed by atoms with E-state index in [9.17, 15) is 4.79 Å². The number of rotatable bonds is 8. The highest BCUT2D eigenvalue weighted by Gasteiger charge is 2.19. The number of hydrogen-bond acceptors (Lipinski definition) is 3. The average Bonchev–Trinajstić information content (AvgIpc) is 3.12. The van der Waals surface area contributed by atoms with Crippen LogP contribution in [0, 0.1) is 0 Å². The second-order valence-electron chi connectivity index (χ2n) is 7.07. The Morgan fingerprint density at radius 1 is 1.14 bits per heavy atom. The Morgan fingerprint density at radius 2 is 1.86 bits per heavy atom. The lowest BCUT2D eigenvalue weighted by Gasteiger charge is -2.04. The fraction of sp³-hybridized carbons (Fsp3) is 0.304. The Bertz CT molecular complexity index is 947. The Kier molecular flexibility index (Phi) is 7.30. The molecule has 28 heavy (non-hydrogen) atoms. The van der Waals surface area contributed by atoms with Gasteiger partial charge >= 0.3 is 0 Å². The molecule has 3 rings (SSSR count). The molecule has 0 spiro atoms. The van der Waals surface area contributed by atoms with Gasteiger partial charge in [-0.1, -0.05) is 84.4 Å². The lowest BCUT2D eigenvalue weighted by molar-refractivity contribution is 0.0980. The fourth-order valence-corrected chi connectivity index (χ4v) is 3.81. The number of aryl methyl sites for hydroxylation is 1. The van der Waals surface area contributed by atoms with Crippen molar-refractivity contribution in [2.75, 3.05) is 0 Å². The first-order chi connectivity index (χ1) is 13.5. The zero-order valence-corrected chi connectivity index (χ0v) is 19.0. The van der Waals surface area contributed by atoms with Crippen molar-refractivity contribution in [1.29, 1.82) is 0 Å². The van der Waals surface area contributed by atoms with Gasteiger partial charge in [0.1, 0.15) is 5.76 Å². The molecule has 0 aliphatic rings. The van der Waals surface area contributed by atoms with Crippen LogP contribution in [-0.4, -0.2) is 10.8 Å². The van der Waals surface area contributed by atoms with Crippen molar-refractivity contribution < 1.29 is 9.21 Å². The number of halogens is 2. The summed E-state index contributed by atoms with van der Waals surface area (Å²) in [5.41, 5.74) is 3.71. The molecule has 0 radical (unpaired) electrons. The predicted molar refractivity (Wildman–Crippen MR) is 122 cm³/mol. The van der Waals surface area contributed by atoms with E-state index in [-0.39, 0.29) is 11.7 Å². The number of nitrogens with zero attached hydrogens (tertiary/aromatic N) is 1. The summed E-state index contributed by atoms with van der Waals surface area (Å²) >= 11 is 8.61. The van der Waals surface area contributed by atoms with Crippen LogP contribution in [0.3, 0.4) is 0 Å². The number of aromatic nitrogens is 1. The number of oxazole rings is 1. The van der Waals surface area contributed by atoms with E-state index in [0.717, 1.165) is 33.4 Å². The van der Waals surface area contributed by atoms with Crippen LogP contribution in [0.25, 0.3) is 11.5 Å². The third kappa shape index (κ3) is 5.03. The molecule has 146 valence electrons. The maximum absolute atomic E-state index is 12.5. The predicted octanol–water partition coefficient (Wildman–Crippen LogP) is 7.26. The molecule has 0 atom stereocenters. The van der Waals surface area contributed by atoms with E-state index in [0.29, 0.717) is 23.8 Å². The molecule has 0 fully saturated rings. The van der Waals surface area contributed by atoms with E-state index >= 15 is 0 Å². The molecule has 1 heterocycles. The number of carbonyl (C=O) groups excluding carboxylic acids is 1. The second-order valence-corrected chi connectivity index (χ2v) is 8.24. The fourth-order valence-electron chi connectivity index (χ4n) is 3.08. The molecule has 0 saturated heterocycles. The zero-order valence-electron chi connectivity index (χ0n) is 16.0. The molecule has 5 heteroatoms. The minimum Gasteiger partial charge on any atom is -0.441 e. The number of carbonyl (C=O) groups is 1. The van der Waals surface area contributed by atoms with Gasteiger partial charge in [-0.2, -0.15) is 0 Å². The number of benzene rings is 2. The molecule has 0 N–H and O–H groups in total. The standard InChI is InChI=1S/C23H23ClINO2/c1-15(2)22-20(26-23(28-22)18-6-3-4-7-19(18)24)8-5-9-21(27)17-12-10-16(14-25)11-13-17/h3-4,6-7,10-13,15H,5,8-9,14H2,1-2H3. The van der Waals surface area contributed by atoms with Crippen molar-refractivity contribution in [3.05, 3.63) is 76.1 Å². The van der Waals surface area contributed by atoms with E-state index in [1.165, 1.54) is 5.56 Å². The van der Waals surface area contributed by atoms with Crippen molar-refractivity contribution in [1.82, 2.24) is 4.98 Å². The molecule has 2 aromatic carbocycles. The Hall–Kier alpha value is -1.66. The first-order valence-electron chi connectivity index (χ1n) is 9.42. The molecule has 3 nitrogen and oxygen atoms in total. The van der Waals surface area contributed by atoms with Crippen LogP contribution in [0.4, 0.5) is 0 Å². The van der Waals surface area contributed by atoms with Gasteiger partial charge in [-0.3, -0.25) is 4.79 Å². The van der Waals surface area contributed by atoms with Crippen molar-refractivity contribution in [3.63, 3.8) is 0 Å². The van der Waals surface area contributed by atoms with Gasteiger partial charge in [0.05, 0.1) is 16.3 Å². The Labute approximate surface area is 184 Å². The Balaban J connectivity index is 1.69. The molecule has 0 aliphatic heterocycles. The number of ketones is 1. The molecule has 0 bridgehead atoms. The van der Waals surface area contributed by atoms with Gasteiger partial charge in [0.15, 0.2) is 5.78 Å². The molecular formula is C23H23ClINO2. The minimum absolute atomic E-state index is 0.168. The second kappa shape index (κ2) is 9.70. The quantitative estimate of drug-likeness (QED) is 0.183. The number of hydrogen-bond donors (Lipinski definition) is 0. The monoisotopic (exact) mass is 507 g/mol. The number of alkyl halides is 1. The third-order valence-electron chi connectivity index (χ3n) is 4.60. The van der Waals surface area contributed by atoms with E-state index in [4.69, 9.17) is 21.0 Å². The normalized spacial score (nSPS) is 11.2. The highest BCUT2D eigenvalue weighted by atomic mass is 127. The van der Waals surface area contributed by atoms with Crippen molar-refractivity contribution in [3.8, 4) is 11.5 Å². The summed E-state index contributed by atoms with van der Waals surface area (Å²) in [5, 5.41) is 0.621. The molecule has 0 saturated carbocycles. The van der Waals surface area contributed by atoms with E-state index in [1.807, 2.05) is 48.5 Å². The summed E-state index contributed by atoms with van der Waals surface area (Å²) in [6.45, 7) is 4.17. The zero-order chi connectivity index (χ0) is 20.1. The summed E-state index contributed by atoms with van der Waals surface area (Å²) in [6, 6.07) is 15.4. The molecular weight excluding hydrogens is 485 g/mol. The summed E-state index contributed by atoms with van der Waals surface area (Å²) in [7, 11) is 0. The molecule has 1 aromatic heterocycles. The van der Waals surface area contributed by atoms with E-state index in [2.05, 4.69) is 36.4 Å². The topological polar surface area (TPSA) is 43.1 Å². The molecule has 3 aromatic rings. The van der Waals surface area contributed by atoms with Gasteiger partial charge in [-0.25, -0.2) is 4.98 Å². The van der Waals surface area contributed by atoms with Gasteiger partial charge in [0.25, 0.3) is 0 Å². The largest absolute Gasteiger partial charge is 0.441 e. The van der Waals surface area contributed by atoms with Gasteiger partial charge < -0.3 is 4.42 Å². The lowest BCUT2D eigenvalue weighted by Crippen LogP contribution is -2.01. The summed E-state index contributed by atoms with van der Waals surface area (Å²) in [5.74, 6) is 1.80. The lowest BCUT2D eigenvalue weighted by atomic mass is 10.0. The smallest absolute Gasteiger partial charge is 0.228 e. The van der Waals surface area contributed by atoms with Gasteiger partial charge in [-0.05, 0) is 30.5 Å². The molecule has 0 aliphatic carbocycles. The first-order valence-corrected chi connectivity index (χ1v) is 11.3. The van der Waals surface area contributed by atoms with Gasteiger partial charge in [-0.15, -0.1) is 0 Å². The van der Waals surface area contributed by atoms with Crippen LogP contribution in [0.5, 0.6) is 0 Å². The maximum Gasteiger partial charge on any atom is 0.228 e. The van der Waals surface area contributed by atoms with Crippen LogP contribution >= 0.6 is 34.2 Å². The first kappa shape index (κ1) is 21.1. The molecule has 0 amide bonds. The number of Topliss-reactive ketones (excluding diaryl/α,β-unsaturated/α-hetero) is 1. The summed E-state index contributed by atoms with van der Waals surface area (Å²) < 4.78 is 6.98. The van der Waals surface area contributed by atoms with Crippen LogP contribution in [0.15, 0.2) is 52.9 Å². The summed E-state index contributed by atoms with van der Waals surface area (Å²) in [4.78, 5) is 17.2. The van der Waals surface area contributed by atoms with Crippen LogP contribution in [0.1, 0.15) is 60.0 Å². The summed E-state index contributed by atoms with van der Waals surface area (Å²) in [6.07, 6.45) is 1.94. The maximum atomic E-state index is 12.5. The van der Waals surface area contributed by atoms with Gasteiger partial charge in [0, 0.05) is 22.3 Å². The average molecular weight is 508 g/mol. The minimum atomic E-state index is 0.168. The van der Waals surface area contributed by atoms with Crippen LogP contribution in [0.2, 0.25) is 5.02 Å². The van der Waals surface area contributed by atoms with Crippen molar-refractivity contribution in [2.45, 2.75) is 43.5 Å².